The highest BCUT2D eigenvalue weighted by atomic mass is 16.5. The third-order valence-electron chi connectivity index (χ3n) is 5.88. The smallest absolute Gasteiger partial charge is 0.254 e. The van der Waals surface area contributed by atoms with Crippen LogP contribution in [0.15, 0.2) is 71.1 Å². The molecule has 0 aromatic heterocycles. The summed E-state index contributed by atoms with van der Waals surface area (Å²) in [6, 6.07) is 14.9. The Balaban J connectivity index is 1.79. The van der Waals surface area contributed by atoms with Crippen molar-refractivity contribution in [1.29, 1.82) is 0 Å². The number of allylic oxidation sites excluding steroid dienone is 3. The molecule has 1 heterocycles. The molecule has 0 spiro atoms. The fraction of sp³-hybridized carbons (Fsp3) is 0.308. The number of carbonyl (C=O) groups is 2. The summed E-state index contributed by atoms with van der Waals surface area (Å²) in [5.41, 5.74) is 4.32. The molecule has 2 aromatic carbocycles. The molecule has 2 N–H and O–H groups in total. The molecular formula is C26H28N2O4. The van der Waals surface area contributed by atoms with Gasteiger partial charge in [0.1, 0.15) is 11.5 Å². The van der Waals surface area contributed by atoms with Crippen LogP contribution in [-0.2, 0) is 9.59 Å². The lowest BCUT2D eigenvalue weighted by molar-refractivity contribution is -0.116. The van der Waals surface area contributed by atoms with Gasteiger partial charge < -0.3 is 20.1 Å². The lowest BCUT2D eigenvalue weighted by atomic mass is 9.75. The lowest BCUT2D eigenvalue weighted by Crippen LogP contribution is -2.35. The third-order valence-corrected chi connectivity index (χ3v) is 5.88. The Morgan fingerprint density at radius 1 is 1.16 bits per heavy atom. The van der Waals surface area contributed by atoms with Gasteiger partial charge in [-0.3, -0.25) is 9.59 Å². The van der Waals surface area contributed by atoms with Crippen molar-refractivity contribution in [2.75, 3.05) is 19.0 Å². The first-order valence-electron chi connectivity index (χ1n) is 10.9. The minimum atomic E-state index is -0.464. The lowest BCUT2D eigenvalue weighted by Gasteiger charge is -2.34. The van der Waals surface area contributed by atoms with Gasteiger partial charge in [-0.1, -0.05) is 24.3 Å². The first kappa shape index (κ1) is 21.7. The van der Waals surface area contributed by atoms with Crippen LogP contribution in [0, 0.1) is 0 Å². The van der Waals surface area contributed by atoms with Crippen molar-refractivity contribution < 1.29 is 19.1 Å². The number of nitrogens with one attached hydrogen (secondary N) is 2. The molecule has 0 saturated carbocycles. The summed E-state index contributed by atoms with van der Waals surface area (Å²) in [7, 11) is 1.57. The molecule has 32 heavy (non-hydrogen) atoms. The summed E-state index contributed by atoms with van der Waals surface area (Å²) >= 11 is 0. The standard InChI is InChI=1S/C26H28N2O4/c1-4-32-18-10-7-9-17(15-18)24-23(16(2)27-20-12-8-13-21(29)25(20)24)26(30)28-19-11-5-6-14-22(19)31-3/h5-7,9-11,14-15,24,27H,4,8,12-13H2,1-3H3,(H,28,30)/t24-/m1/s1. The van der Waals surface area contributed by atoms with Crippen molar-refractivity contribution in [2.24, 2.45) is 0 Å². The first-order valence-corrected chi connectivity index (χ1v) is 10.9. The molecule has 0 fully saturated rings. The average Bonchev–Trinajstić information content (AvgIpc) is 2.79. The molecule has 1 aliphatic heterocycles. The van der Waals surface area contributed by atoms with E-state index < -0.39 is 5.92 Å². The van der Waals surface area contributed by atoms with Gasteiger partial charge in [0.25, 0.3) is 5.91 Å². The maximum atomic E-state index is 13.6. The topological polar surface area (TPSA) is 76.7 Å². The second-order valence-corrected chi connectivity index (χ2v) is 7.93. The minimum absolute atomic E-state index is 0.0839. The van der Waals surface area contributed by atoms with E-state index >= 15 is 0 Å². The van der Waals surface area contributed by atoms with Crippen LogP contribution in [0.1, 0.15) is 44.6 Å². The fourth-order valence-corrected chi connectivity index (χ4v) is 4.51. The number of hydrogen-bond acceptors (Lipinski definition) is 5. The summed E-state index contributed by atoms with van der Waals surface area (Å²) in [4.78, 5) is 26.6. The SMILES string of the molecule is CCOc1cccc([C@@H]2C(C(=O)Nc3ccccc3OC)=C(C)NC3=C2C(=O)CCC3)c1. The van der Waals surface area contributed by atoms with Crippen LogP contribution in [0.2, 0.25) is 0 Å². The Kier molecular flexibility index (Phi) is 6.30. The van der Waals surface area contributed by atoms with Crippen LogP contribution >= 0.6 is 0 Å². The van der Waals surface area contributed by atoms with E-state index in [4.69, 9.17) is 9.47 Å². The van der Waals surface area contributed by atoms with Crippen LogP contribution in [0.25, 0.3) is 0 Å². The number of anilines is 1. The van der Waals surface area contributed by atoms with Crippen molar-refractivity contribution >= 4 is 17.4 Å². The quantitative estimate of drug-likeness (QED) is 0.692. The van der Waals surface area contributed by atoms with Crippen LogP contribution in [0.4, 0.5) is 5.69 Å². The predicted molar refractivity (Wildman–Crippen MR) is 124 cm³/mol. The highest BCUT2D eigenvalue weighted by molar-refractivity contribution is 6.10. The number of hydrogen-bond donors (Lipinski definition) is 2. The van der Waals surface area contributed by atoms with Gasteiger partial charge in [0, 0.05) is 34.9 Å². The van der Waals surface area contributed by atoms with E-state index in [9.17, 15) is 9.59 Å². The van der Waals surface area contributed by atoms with E-state index in [1.807, 2.05) is 50.2 Å². The maximum Gasteiger partial charge on any atom is 0.254 e. The molecule has 1 aliphatic carbocycles. The van der Waals surface area contributed by atoms with Gasteiger partial charge in [-0.2, -0.15) is 0 Å². The largest absolute Gasteiger partial charge is 0.495 e. The molecule has 2 aliphatic rings. The number of para-hydroxylation sites is 2. The highest BCUT2D eigenvalue weighted by Gasteiger charge is 2.38. The summed E-state index contributed by atoms with van der Waals surface area (Å²) in [5, 5.41) is 6.33. The van der Waals surface area contributed by atoms with Crippen molar-refractivity contribution in [2.45, 2.75) is 39.0 Å². The van der Waals surface area contributed by atoms with Crippen molar-refractivity contribution in [3.63, 3.8) is 0 Å². The second-order valence-electron chi connectivity index (χ2n) is 7.93. The van der Waals surface area contributed by atoms with E-state index in [1.54, 1.807) is 19.2 Å². The van der Waals surface area contributed by atoms with Gasteiger partial charge in [-0.05, 0) is 56.5 Å². The van der Waals surface area contributed by atoms with Gasteiger partial charge in [0.2, 0.25) is 0 Å². The number of amides is 1. The molecule has 0 radical (unpaired) electrons. The van der Waals surface area contributed by atoms with Gasteiger partial charge in [0.15, 0.2) is 5.78 Å². The van der Waals surface area contributed by atoms with Gasteiger partial charge in [-0.25, -0.2) is 0 Å². The molecule has 6 nitrogen and oxygen atoms in total. The number of rotatable bonds is 6. The van der Waals surface area contributed by atoms with E-state index in [0.717, 1.165) is 35.5 Å². The maximum absolute atomic E-state index is 13.6. The summed E-state index contributed by atoms with van der Waals surface area (Å²) in [6.45, 7) is 4.36. The Labute approximate surface area is 188 Å². The monoisotopic (exact) mass is 432 g/mol. The Morgan fingerprint density at radius 3 is 2.75 bits per heavy atom. The van der Waals surface area contributed by atoms with Gasteiger partial charge in [0.05, 0.1) is 19.4 Å². The highest BCUT2D eigenvalue weighted by Crippen LogP contribution is 2.43. The van der Waals surface area contributed by atoms with Crippen molar-refractivity contribution in [3.8, 4) is 11.5 Å². The van der Waals surface area contributed by atoms with Crippen LogP contribution in [0.5, 0.6) is 11.5 Å². The predicted octanol–water partition coefficient (Wildman–Crippen LogP) is 4.70. The Hall–Kier alpha value is -3.54. The van der Waals surface area contributed by atoms with Crippen LogP contribution in [0.3, 0.4) is 0 Å². The third kappa shape index (κ3) is 4.13. The first-order chi connectivity index (χ1) is 15.5. The second kappa shape index (κ2) is 9.30. The van der Waals surface area contributed by atoms with Crippen molar-refractivity contribution in [3.05, 3.63) is 76.6 Å². The fourth-order valence-electron chi connectivity index (χ4n) is 4.51. The molecule has 0 saturated heterocycles. The van der Waals surface area contributed by atoms with Gasteiger partial charge in [-0.15, -0.1) is 0 Å². The number of Topliss-reactive ketones (excluding diaryl/α,β-unsaturated/α-hetero) is 1. The van der Waals surface area contributed by atoms with E-state index in [-0.39, 0.29) is 11.7 Å². The zero-order valence-electron chi connectivity index (χ0n) is 18.7. The number of ketones is 1. The normalized spacial score (nSPS) is 18.1. The van der Waals surface area contributed by atoms with Crippen LogP contribution in [-0.4, -0.2) is 25.4 Å². The molecule has 6 heteroatoms. The molecule has 0 unspecified atom stereocenters. The summed E-state index contributed by atoms with van der Waals surface area (Å²) < 4.78 is 11.1. The van der Waals surface area contributed by atoms with Crippen LogP contribution < -0.4 is 20.1 Å². The zero-order valence-corrected chi connectivity index (χ0v) is 18.7. The molecule has 1 amide bonds. The molecule has 1 atom stereocenters. The molecule has 0 bridgehead atoms. The molecule has 4 rings (SSSR count). The number of ether oxygens (including phenoxy) is 2. The summed E-state index contributed by atoms with van der Waals surface area (Å²) in [6.07, 6.45) is 2.09. The summed E-state index contributed by atoms with van der Waals surface area (Å²) in [5.74, 6) is 0.647. The Bertz CT molecular complexity index is 1120. The van der Waals surface area contributed by atoms with E-state index in [2.05, 4.69) is 10.6 Å². The molecule has 166 valence electrons. The molecule has 2 aromatic rings. The molecular weight excluding hydrogens is 404 g/mol. The average molecular weight is 433 g/mol. The number of dihydropyridines is 1. The Morgan fingerprint density at radius 2 is 1.97 bits per heavy atom. The van der Waals surface area contributed by atoms with E-state index in [0.29, 0.717) is 35.6 Å². The van der Waals surface area contributed by atoms with Crippen molar-refractivity contribution in [1.82, 2.24) is 5.32 Å². The van der Waals surface area contributed by atoms with Gasteiger partial charge >= 0.3 is 0 Å². The number of carbonyl (C=O) groups excluding carboxylic acids is 2. The zero-order chi connectivity index (χ0) is 22.7. The number of methoxy groups -OCH3 is 1. The number of benzene rings is 2. The minimum Gasteiger partial charge on any atom is -0.495 e. The van der Waals surface area contributed by atoms with E-state index in [1.165, 1.54) is 0 Å².